The molecule has 0 aromatic carbocycles. The zero-order chi connectivity index (χ0) is 55.0. The summed E-state index contributed by atoms with van der Waals surface area (Å²) in [5.41, 5.74) is 0. The fourth-order valence-corrected chi connectivity index (χ4v) is 11.0. The smallest absolute Gasteiger partial charge is 0.305 e. The number of hydrogen-bond acceptors (Lipinski definition) is 5. The summed E-state index contributed by atoms with van der Waals surface area (Å²) in [6.07, 6.45) is 82.1. The molecule has 0 heterocycles. The van der Waals surface area contributed by atoms with Crippen LogP contribution < -0.4 is 5.32 Å². The first-order valence-electron chi connectivity index (χ1n) is 34.6. The Morgan fingerprint density at radius 3 is 1.03 bits per heavy atom. The summed E-state index contributed by atoms with van der Waals surface area (Å²) in [6, 6.07) is -0.542. The predicted octanol–water partition coefficient (Wildman–Crippen LogP) is 22.1. The minimum Gasteiger partial charge on any atom is -0.466 e. The van der Waals surface area contributed by atoms with Crippen molar-refractivity contribution < 1.29 is 24.5 Å². The van der Waals surface area contributed by atoms with Gasteiger partial charge in [-0.15, -0.1) is 0 Å². The van der Waals surface area contributed by atoms with Gasteiger partial charge in [0.1, 0.15) is 0 Å². The van der Waals surface area contributed by atoms with Gasteiger partial charge in [0, 0.05) is 12.8 Å². The number of aliphatic hydroxyl groups is 2. The van der Waals surface area contributed by atoms with Crippen molar-refractivity contribution in [1.82, 2.24) is 5.32 Å². The quantitative estimate of drug-likeness (QED) is 0.0320. The Balaban J connectivity index is 3.38. The van der Waals surface area contributed by atoms with Crippen LogP contribution in [0.15, 0.2) is 24.3 Å². The van der Waals surface area contributed by atoms with Gasteiger partial charge in [-0.2, -0.15) is 0 Å². The van der Waals surface area contributed by atoms with Crippen LogP contribution in [0.25, 0.3) is 0 Å². The van der Waals surface area contributed by atoms with Crippen molar-refractivity contribution in [1.29, 1.82) is 0 Å². The van der Waals surface area contributed by atoms with Gasteiger partial charge in [-0.25, -0.2) is 0 Å². The van der Waals surface area contributed by atoms with Gasteiger partial charge in [-0.1, -0.05) is 340 Å². The molecule has 0 rings (SSSR count). The summed E-state index contributed by atoms with van der Waals surface area (Å²) in [5, 5.41) is 23.4. The molecule has 2 atom stereocenters. The summed E-state index contributed by atoms with van der Waals surface area (Å²) < 4.78 is 5.50. The topological polar surface area (TPSA) is 95.9 Å². The highest BCUT2D eigenvalue weighted by molar-refractivity contribution is 5.76. The predicted molar refractivity (Wildman–Crippen MR) is 333 cm³/mol. The Bertz CT molecular complexity index is 1190. The van der Waals surface area contributed by atoms with Gasteiger partial charge in [0.2, 0.25) is 5.91 Å². The number of unbranched alkanes of at least 4 members (excludes halogenated alkanes) is 50. The first-order chi connectivity index (χ1) is 37.5. The molecule has 0 aromatic heterocycles. The summed E-state index contributed by atoms with van der Waals surface area (Å²) >= 11 is 0. The van der Waals surface area contributed by atoms with Gasteiger partial charge >= 0.3 is 5.97 Å². The number of carbonyl (C=O) groups excluding carboxylic acids is 2. The number of amides is 1. The highest BCUT2D eigenvalue weighted by Crippen LogP contribution is 2.19. The highest BCUT2D eigenvalue weighted by atomic mass is 16.5. The molecule has 0 saturated heterocycles. The van der Waals surface area contributed by atoms with Crippen LogP contribution in [0, 0.1) is 0 Å². The van der Waals surface area contributed by atoms with Crippen LogP contribution in [0.3, 0.4) is 0 Å². The largest absolute Gasteiger partial charge is 0.466 e. The summed E-state index contributed by atoms with van der Waals surface area (Å²) in [7, 11) is 0. The van der Waals surface area contributed by atoms with E-state index in [0.29, 0.717) is 25.9 Å². The average Bonchev–Trinajstić information content (AvgIpc) is 3.42. The lowest BCUT2D eigenvalue weighted by Crippen LogP contribution is -2.45. The number of aliphatic hydroxyl groups excluding tert-OH is 2. The molecular weight excluding hydrogens is 935 g/mol. The standard InChI is InChI=1S/C70H135NO5/c1-3-5-7-9-11-13-15-17-19-21-22-27-31-34-38-42-46-50-54-58-62-68(73)67(66-72)71-69(74)63-59-55-51-47-43-39-35-32-28-25-23-24-26-29-33-37-41-45-49-53-57-61-65-76-70(75)64-60-56-52-48-44-40-36-30-20-18-16-14-12-10-8-6-4-2/h12,14,18,20,67-68,72-73H,3-11,13,15-17,19,21-66H2,1-2H3,(H,71,74)/b14-12-,20-18-. The van der Waals surface area contributed by atoms with E-state index in [2.05, 4.69) is 43.5 Å². The lowest BCUT2D eigenvalue weighted by molar-refractivity contribution is -0.143. The maximum absolute atomic E-state index is 12.5. The van der Waals surface area contributed by atoms with E-state index in [1.54, 1.807) is 0 Å². The van der Waals surface area contributed by atoms with E-state index in [4.69, 9.17) is 4.74 Å². The monoisotopic (exact) mass is 1070 g/mol. The Kier molecular flexibility index (Phi) is 64.4. The molecule has 1 amide bonds. The Morgan fingerprint density at radius 1 is 0.368 bits per heavy atom. The lowest BCUT2D eigenvalue weighted by Gasteiger charge is -2.22. The van der Waals surface area contributed by atoms with E-state index in [1.807, 2.05) is 0 Å². The number of rotatable bonds is 65. The second-order valence-corrected chi connectivity index (χ2v) is 23.9. The Hall–Kier alpha value is -1.66. The maximum atomic E-state index is 12.5. The molecule has 0 radical (unpaired) electrons. The van der Waals surface area contributed by atoms with Crippen molar-refractivity contribution >= 4 is 11.9 Å². The van der Waals surface area contributed by atoms with Crippen molar-refractivity contribution in [2.24, 2.45) is 0 Å². The second kappa shape index (κ2) is 65.9. The van der Waals surface area contributed by atoms with Gasteiger partial charge < -0.3 is 20.3 Å². The SMILES string of the molecule is CCCCC/C=C\C/C=C\CCCCCCCCCC(=O)OCCCCCCCCCCCCCCCCCCCCCCCCC(=O)NC(CO)C(O)CCCCCCCCCCCCCCCCCCCCCC. The number of esters is 1. The van der Waals surface area contributed by atoms with E-state index in [0.717, 1.165) is 51.4 Å². The number of ether oxygens (including phenoxy) is 1. The fourth-order valence-electron chi connectivity index (χ4n) is 11.0. The second-order valence-electron chi connectivity index (χ2n) is 23.9. The molecule has 0 aliphatic heterocycles. The van der Waals surface area contributed by atoms with Crippen LogP contribution in [0.4, 0.5) is 0 Å². The molecule has 0 aliphatic carbocycles. The van der Waals surface area contributed by atoms with Crippen molar-refractivity contribution in [3.63, 3.8) is 0 Å². The summed E-state index contributed by atoms with van der Waals surface area (Å²) in [6.45, 7) is 4.96. The molecule has 0 spiro atoms. The van der Waals surface area contributed by atoms with E-state index in [-0.39, 0.29) is 18.5 Å². The third kappa shape index (κ3) is 61.6. The third-order valence-corrected chi connectivity index (χ3v) is 16.3. The molecule has 450 valence electrons. The van der Waals surface area contributed by atoms with Gasteiger partial charge in [0.15, 0.2) is 0 Å². The van der Waals surface area contributed by atoms with Crippen LogP contribution in [0.2, 0.25) is 0 Å². The molecule has 3 N–H and O–H groups in total. The van der Waals surface area contributed by atoms with Crippen LogP contribution in [0.1, 0.15) is 386 Å². The summed E-state index contributed by atoms with van der Waals surface area (Å²) in [5.74, 6) is -0.0247. The molecule has 0 fully saturated rings. The fraction of sp³-hybridized carbons (Fsp3) is 0.914. The molecule has 0 saturated carbocycles. The van der Waals surface area contributed by atoms with Crippen LogP contribution in [-0.2, 0) is 14.3 Å². The van der Waals surface area contributed by atoms with Crippen molar-refractivity contribution in [2.45, 2.75) is 398 Å². The van der Waals surface area contributed by atoms with Gasteiger partial charge in [0.25, 0.3) is 0 Å². The van der Waals surface area contributed by atoms with Crippen molar-refractivity contribution in [2.75, 3.05) is 13.2 Å². The molecule has 6 nitrogen and oxygen atoms in total. The van der Waals surface area contributed by atoms with Crippen LogP contribution >= 0.6 is 0 Å². The normalized spacial score (nSPS) is 12.6. The zero-order valence-corrected chi connectivity index (χ0v) is 51.5. The molecule has 0 aromatic rings. The molecule has 0 aliphatic rings. The average molecular weight is 1070 g/mol. The number of carbonyl (C=O) groups is 2. The van der Waals surface area contributed by atoms with Crippen molar-refractivity contribution in [3.05, 3.63) is 24.3 Å². The van der Waals surface area contributed by atoms with E-state index in [1.165, 1.54) is 302 Å². The number of allylic oxidation sites excluding steroid dienone is 4. The minimum absolute atomic E-state index is 0.00644. The lowest BCUT2D eigenvalue weighted by atomic mass is 10.0. The van der Waals surface area contributed by atoms with Crippen LogP contribution in [-0.4, -0.2) is 47.4 Å². The first-order valence-corrected chi connectivity index (χ1v) is 34.6. The molecular formula is C70H135NO5. The zero-order valence-electron chi connectivity index (χ0n) is 51.5. The van der Waals surface area contributed by atoms with Gasteiger partial charge in [-0.3, -0.25) is 9.59 Å². The minimum atomic E-state index is -0.665. The third-order valence-electron chi connectivity index (χ3n) is 16.3. The maximum Gasteiger partial charge on any atom is 0.305 e. The first kappa shape index (κ1) is 74.3. The number of hydrogen-bond donors (Lipinski definition) is 3. The molecule has 6 heteroatoms. The van der Waals surface area contributed by atoms with E-state index < -0.39 is 12.1 Å². The van der Waals surface area contributed by atoms with Crippen LogP contribution in [0.5, 0.6) is 0 Å². The Labute approximate surface area is 475 Å². The molecule has 2 unspecified atom stereocenters. The number of nitrogens with one attached hydrogen (secondary N) is 1. The Morgan fingerprint density at radius 2 is 0.658 bits per heavy atom. The van der Waals surface area contributed by atoms with Crippen molar-refractivity contribution in [3.8, 4) is 0 Å². The molecule has 0 bridgehead atoms. The van der Waals surface area contributed by atoms with Gasteiger partial charge in [-0.05, 0) is 57.8 Å². The van der Waals surface area contributed by atoms with E-state index >= 15 is 0 Å². The molecule has 76 heavy (non-hydrogen) atoms. The summed E-state index contributed by atoms with van der Waals surface area (Å²) in [4.78, 5) is 24.6. The van der Waals surface area contributed by atoms with Gasteiger partial charge in [0.05, 0.1) is 25.4 Å². The van der Waals surface area contributed by atoms with E-state index in [9.17, 15) is 19.8 Å². The highest BCUT2D eigenvalue weighted by Gasteiger charge is 2.20.